The summed E-state index contributed by atoms with van der Waals surface area (Å²) in [6.45, 7) is 3.98. The summed E-state index contributed by atoms with van der Waals surface area (Å²) in [5.74, 6) is -0.183. The van der Waals surface area contributed by atoms with Crippen LogP contribution in [0.5, 0.6) is 0 Å². The molecule has 1 heterocycles. The second-order valence-electron chi connectivity index (χ2n) is 4.34. The van der Waals surface area contributed by atoms with Crippen molar-refractivity contribution < 1.29 is 4.39 Å². The second kappa shape index (κ2) is 5.51. The van der Waals surface area contributed by atoms with E-state index in [1.165, 1.54) is 9.75 Å². The molecule has 0 aliphatic carbocycles. The van der Waals surface area contributed by atoms with Crippen molar-refractivity contribution in [3.05, 3.63) is 55.4 Å². The highest BCUT2D eigenvalue weighted by Crippen LogP contribution is 2.34. The largest absolute Gasteiger partial charge is 0.309 e. The quantitative estimate of drug-likeness (QED) is 0.870. The summed E-state index contributed by atoms with van der Waals surface area (Å²) in [4.78, 5) is 2.42. The van der Waals surface area contributed by atoms with E-state index in [1.54, 1.807) is 23.5 Å². The molecule has 1 aromatic heterocycles. The monoisotopic (exact) mass is 327 g/mol. The average Bonchev–Trinajstić information content (AvgIpc) is 2.58. The highest BCUT2D eigenvalue weighted by Gasteiger charge is 2.16. The lowest BCUT2D eigenvalue weighted by molar-refractivity contribution is 0.616. The van der Waals surface area contributed by atoms with Crippen molar-refractivity contribution in [2.75, 3.05) is 7.05 Å². The fraction of sp³-hybridized carbons (Fsp3) is 0.286. The SMILES string of the molecule is CNC(c1cc(C)cc(F)c1)c1cc(Br)c(C)s1. The van der Waals surface area contributed by atoms with E-state index in [9.17, 15) is 4.39 Å². The van der Waals surface area contributed by atoms with Crippen molar-refractivity contribution in [3.8, 4) is 0 Å². The zero-order valence-corrected chi connectivity index (χ0v) is 13.0. The molecule has 0 radical (unpaired) electrons. The molecule has 0 fully saturated rings. The summed E-state index contributed by atoms with van der Waals surface area (Å²) in [6.07, 6.45) is 0. The minimum absolute atomic E-state index is 0.0365. The molecule has 0 aliphatic heterocycles. The molecule has 1 nitrogen and oxygen atoms in total. The van der Waals surface area contributed by atoms with E-state index in [1.807, 2.05) is 20.0 Å². The van der Waals surface area contributed by atoms with E-state index < -0.39 is 0 Å². The summed E-state index contributed by atoms with van der Waals surface area (Å²) in [5, 5.41) is 3.25. The Bertz CT molecular complexity index is 525. The molecule has 2 aromatic rings. The van der Waals surface area contributed by atoms with Gasteiger partial charge < -0.3 is 5.32 Å². The molecule has 1 aromatic carbocycles. The van der Waals surface area contributed by atoms with Gasteiger partial charge in [-0.05, 0) is 66.2 Å². The second-order valence-corrected chi connectivity index (χ2v) is 6.48. The third-order valence-electron chi connectivity index (χ3n) is 2.85. The standard InChI is InChI=1S/C14H15BrFNS/c1-8-4-10(6-11(16)5-8)14(17-3)13-7-12(15)9(2)18-13/h4-7,14,17H,1-3H3. The van der Waals surface area contributed by atoms with Gasteiger partial charge in [0.1, 0.15) is 5.82 Å². The number of rotatable bonds is 3. The number of nitrogens with one attached hydrogen (secondary N) is 1. The smallest absolute Gasteiger partial charge is 0.123 e. The first-order valence-electron chi connectivity index (χ1n) is 5.71. The first-order chi connectivity index (χ1) is 8.51. The Labute approximate surface area is 119 Å². The molecule has 0 saturated heterocycles. The van der Waals surface area contributed by atoms with E-state index in [0.717, 1.165) is 15.6 Å². The van der Waals surface area contributed by atoms with Crippen LogP contribution in [-0.4, -0.2) is 7.05 Å². The Hall–Kier alpha value is -0.710. The molecule has 1 unspecified atom stereocenters. The molecule has 1 N–H and O–H groups in total. The van der Waals surface area contributed by atoms with Crippen LogP contribution in [-0.2, 0) is 0 Å². The van der Waals surface area contributed by atoms with Gasteiger partial charge >= 0.3 is 0 Å². The summed E-state index contributed by atoms with van der Waals surface area (Å²) in [5.41, 5.74) is 1.90. The first-order valence-corrected chi connectivity index (χ1v) is 7.32. The van der Waals surface area contributed by atoms with Crippen LogP contribution < -0.4 is 5.32 Å². The zero-order chi connectivity index (χ0) is 13.3. The zero-order valence-electron chi connectivity index (χ0n) is 10.6. The van der Waals surface area contributed by atoms with Crippen molar-refractivity contribution in [2.45, 2.75) is 19.9 Å². The normalized spacial score (nSPS) is 12.7. The van der Waals surface area contributed by atoms with Crippen molar-refractivity contribution in [3.63, 3.8) is 0 Å². The molecule has 2 rings (SSSR count). The number of halogens is 2. The van der Waals surface area contributed by atoms with Gasteiger partial charge in [-0.1, -0.05) is 6.07 Å². The lowest BCUT2D eigenvalue weighted by atomic mass is 10.0. The fourth-order valence-corrected chi connectivity index (χ4v) is 3.73. The van der Waals surface area contributed by atoms with Gasteiger partial charge in [-0.2, -0.15) is 0 Å². The molecule has 18 heavy (non-hydrogen) atoms. The van der Waals surface area contributed by atoms with Crippen LogP contribution >= 0.6 is 27.3 Å². The number of thiophene rings is 1. The maximum absolute atomic E-state index is 13.5. The summed E-state index contributed by atoms with van der Waals surface area (Å²) in [6, 6.07) is 7.30. The van der Waals surface area contributed by atoms with E-state index in [-0.39, 0.29) is 11.9 Å². The van der Waals surface area contributed by atoms with Gasteiger partial charge in [0.25, 0.3) is 0 Å². The van der Waals surface area contributed by atoms with Crippen molar-refractivity contribution in [2.24, 2.45) is 0 Å². The van der Waals surface area contributed by atoms with Crippen molar-refractivity contribution in [1.82, 2.24) is 5.32 Å². The fourth-order valence-electron chi connectivity index (χ4n) is 2.03. The van der Waals surface area contributed by atoms with Crippen LogP contribution in [0.15, 0.2) is 28.7 Å². The third-order valence-corrected chi connectivity index (χ3v) is 5.05. The molecule has 0 spiro atoms. The summed E-state index contributed by atoms with van der Waals surface area (Å²) < 4.78 is 14.6. The van der Waals surface area contributed by atoms with Gasteiger partial charge in [0.15, 0.2) is 0 Å². The predicted molar refractivity (Wildman–Crippen MR) is 78.8 cm³/mol. The van der Waals surface area contributed by atoms with Crippen LogP contribution in [0.25, 0.3) is 0 Å². The van der Waals surface area contributed by atoms with Crippen molar-refractivity contribution in [1.29, 1.82) is 0 Å². The topological polar surface area (TPSA) is 12.0 Å². The molecular formula is C14H15BrFNS. The van der Waals surface area contributed by atoms with Crippen LogP contribution in [0, 0.1) is 19.7 Å². The minimum atomic E-state index is -0.183. The highest BCUT2D eigenvalue weighted by molar-refractivity contribution is 9.10. The van der Waals surface area contributed by atoms with Crippen molar-refractivity contribution >= 4 is 27.3 Å². The molecule has 96 valence electrons. The maximum atomic E-state index is 13.5. The summed E-state index contributed by atoms with van der Waals surface area (Å²) >= 11 is 5.25. The molecule has 0 aliphatic rings. The highest BCUT2D eigenvalue weighted by atomic mass is 79.9. The van der Waals surface area contributed by atoms with Crippen LogP contribution in [0.2, 0.25) is 0 Å². The Morgan fingerprint density at radius 2 is 1.94 bits per heavy atom. The van der Waals surface area contributed by atoms with E-state index in [0.29, 0.717) is 0 Å². The summed E-state index contributed by atoms with van der Waals surface area (Å²) in [7, 11) is 1.90. The number of aryl methyl sites for hydroxylation is 2. The van der Waals surface area contributed by atoms with Gasteiger partial charge in [-0.25, -0.2) is 4.39 Å². The third kappa shape index (κ3) is 2.82. The molecule has 0 saturated carbocycles. The van der Waals surface area contributed by atoms with E-state index in [4.69, 9.17) is 0 Å². The number of hydrogen-bond acceptors (Lipinski definition) is 2. The van der Waals surface area contributed by atoms with Gasteiger partial charge in [-0.3, -0.25) is 0 Å². The Morgan fingerprint density at radius 3 is 2.44 bits per heavy atom. The number of hydrogen-bond donors (Lipinski definition) is 1. The Kier molecular flexibility index (Phi) is 4.20. The van der Waals surface area contributed by atoms with Gasteiger partial charge in [0.2, 0.25) is 0 Å². The first kappa shape index (κ1) is 13.7. The van der Waals surface area contributed by atoms with Crippen LogP contribution in [0.4, 0.5) is 4.39 Å². The van der Waals surface area contributed by atoms with E-state index >= 15 is 0 Å². The number of benzene rings is 1. The van der Waals surface area contributed by atoms with Gasteiger partial charge in [-0.15, -0.1) is 11.3 Å². The molecule has 1 atom stereocenters. The predicted octanol–water partition coefficient (Wildman–Crippen LogP) is 4.58. The molecule has 4 heteroatoms. The average molecular weight is 328 g/mol. The lowest BCUT2D eigenvalue weighted by Crippen LogP contribution is -2.16. The van der Waals surface area contributed by atoms with Crippen LogP contribution in [0.1, 0.15) is 26.9 Å². The van der Waals surface area contributed by atoms with Gasteiger partial charge in [0, 0.05) is 14.2 Å². The Balaban J connectivity index is 2.44. The maximum Gasteiger partial charge on any atom is 0.123 e. The molecule has 0 amide bonds. The Morgan fingerprint density at radius 1 is 1.22 bits per heavy atom. The molecule has 0 bridgehead atoms. The molecular weight excluding hydrogens is 313 g/mol. The van der Waals surface area contributed by atoms with Crippen LogP contribution in [0.3, 0.4) is 0 Å². The van der Waals surface area contributed by atoms with E-state index in [2.05, 4.69) is 34.2 Å². The lowest BCUT2D eigenvalue weighted by Gasteiger charge is -2.15. The minimum Gasteiger partial charge on any atom is -0.309 e. The van der Waals surface area contributed by atoms with Gasteiger partial charge in [0.05, 0.1) is 6.04 Å².